The summed E-state index contributed by atoms with van der Waals surface area (Å²) in [6.07, 6.45) is 5.76. The SMILES string of the molecule is O=C(NC[C@H](c1ccco1)N1CCCC1)[C@H]1CCCN(C(=O)c2cccs2)C1. The van der Waals surface area contributed by atoms with E-state index >= 15 is 0 Å². The summed E-state index contributed by atoms with van der Waals surface area (Å²) in [5.41, 5.74) is 0. The molecular weight excluding hydrogens is 374 g/mol. The number of piperidine rings is 1. The Bertz CT molecular complexity index is 769. The maximum Gasteiger partial charge on any atom is 0.263 e. The quantitative estimate of drug-likeness (QED) is 0.808. The lowest BCUT2D eigenvalue weighted by Gasteiger charge is -2.32. The van der Waals surface area contributed by atoms with Crippen LogP contribution in [0.1, 0.15) is 47.2 Å². The number of carbonyl (C=O) groups excluding carboxylic acids is 2. The third kappa shape index (κ3) is 4.31. The number of carbonyl (C=O) groups is 2. The maximum absolute atomic E-state index is 12.8. The fraction of sp³-hybridized carbons (Fsp3) is 0.524. The molecule has 0 unspecified atom stereocenters. The van der Waals surface area contributed by atoms with Gasteiger partial charge in [0, 0.05) is 19.6 Å². The smallest absolute Gasteiger partial charge is 0.263 e. The molecule has 2 amide bonds. The summed E-state index contributed by atoms with van der Waals surface area (Å²) in [7, 11) is 0. The second kappa shape index (κ2) is 8.92. The van der Waals surface area contributed by atoms with Gasteiger partial charge in [-0.3, -0.25) is 14.5 Å². The molecule has 2 atom stereocenters. The van der Waals surface area contributed by atoms with Crippen LogP contribution in [0.25, 0.3) is 0 Å². The van der Waals surface area contributed by atoms with Crippen LogP contribution in [-0.4, -0.2) is 54.3 Å². The zero-order valence-corrected chi connectivity index (χ0v) is 16.8. The predicted octanol–water partition coefficient (Wildman–Crippen LogP) is 3.15. The van der Waals surface area contributed by atoms with Gasteiger partial charge in [0.05, 0.1) is 23.1 Å². The van der Waals surface area contributed by atoms with E-state index in [1.807, 2.05) is 34.5 Å². The highest BCUT2D eigenvalue weighted by Crippen LogP contribution is 2.26. The normalized spacial score (nSPS) is 21.6. The lowest BCUT2D eigenvalue weighted by molar-refractivity contribution is -0.126. The van der Waals surface area contributed by atoms with Crippen LogP contribution in [0.5, 0.6) is 0 Å². The number of furan rings is 1. The fourth-order valence-electron chi connectivity index (χ4n) is 4.22. The Labute approximate surface area is 169 Å². The number of rotatable bonds is 6. The Morgan fingerprint density at radius 2 is 2.04 bits per heavy atom. The molecule has 2 fully saturated rings. The lowest BCUT2D eigenvalue weighted by atomic mass is 9.96. The van der Waals surface area contributed by atoms with Gasteiger partial charge in [-0.1, -0.05) is 6.07 Å². The molecule has 2 aromatic rings. The Hall–Kier alpha value is -2.12. The molecule has 6 nitrogen and oxygen atoms in total. The Balaban J connectivity index is 1.35. The highest BCUT2D eigenvalue weighted by Gasteiger charge is 2.31. The van der Waals surface area contributed by atoms with Crippen molar-refractivity contribution in [2.45, 2.75) is 31.7 Å². The van der Waals surface area contributed by atoms with Crippen LogP contribution in [0.15, 0.2) is 40.3 Å². The van der Waals surface area contributed by atoms with Gasteiger partial charge in [-0.25, -0.2) is 0 Å². The van der Waals surface area contributed by atoms with Gasteiger partial charge in [0.2, 0.25) is 5.91 Å². The van der Waals surface area contributed by atoms with Gasteiger partial charge in [-0.2, -0.15) is 0 Å². The van der Waals surface area contributed by atoms with E-state index in [0.717, 1.165) is 43.1 Å². The molecule has 7 heteroatoms. The number of likely N-dealkylation sites (tertiary alicyclic amines) is 2. The third-order valence-corrected chi connectivity index (χ3v) is 6.59. The van der Waals surface area contributed by atoms with Crippen LogP contribution in [-0.2, 0) is 4.79 Å². The fourth-order valence-corrected chi connectivity index (χ4v) is 4.91. The minimum atomic E-state index is -0.145. The second-order valence-electron chi connectivity index (χ2n) is 7.59. The summed E-state index contributed by atoms with van der Waals surface area (Å²) >= 11 is 1.45. The minimum absolute atomic E-state index is 0.0398. The Kier molecular flexibility index (Phi) is 6.12. The Morgan fingerprint density at radius 1 is 1.18 bits per heavy atom. The van der Waals surface area contributed by atoms with Crippen molar-refractivity contribution in [3.8, 4) is 0 Å². The average molecular weight is 402 g/mol. The average Bonchev–Trinajstić information content (AvgIpc) is 3.51. The standard InChI is InChI=1S/C21H27N3O3S/c25-20(16-6-3-11-24(15-16)21(26)19-8-5-13-28-19)22-14-17(18-7-4-12-27-18)23-9-1-2-10-23/h4-5,7-8,12-13,16-17H,1-3,6,9-11,14-15H2,(H,22,25)/t16-,17+/m0/s1. The number of nitrogens with one attached hydrogen (secondary N) is 1. The summed E-state index contributed by atoms with van der Waals surface area (Å²) in [4.78, 5) is 30.4. The van der Waals surface area contributed by atoms with Crippen molar-refractivity contribution in [3.05, 3.63) is 46.5 Å². The van der Waals surface area contributed by atoms with Crippen molar-refractivity contribution in [2.75, 3.05) is 32.7 Å². The highest BCUT2D eigenvalue weighted by molar-refractivity contribution is 7.12. The zero-order chi connectivity index (χ0) is 19.3. The summed E-state index contributed by atoms with van der Waals surface area (Å²) in [5, 5.41) is 5.05. The van der Waals surface area contributed by atoms with Crippen LogP contribution in [0.3, 0.4) is 0 Å². The van der Waals surface area contributed by atoms with Crippen molar-refractivity contribution in [2.24, 2.45) is 5.92 Å². The first kappa shape index (κ1) is 19.2. The first-order valence-electron chi connectivity index (χ1n) is 10.1. The van der Waals surface area contributed by atoms with Crippen molar-refractivity contribution >= 4 is 23.2 Å². The van der Waals surface area contributed by atoms with Gasteiger partial charge in [0.1, 0.15) is 5.76 Å². The van der Waals surface area contributed by atoms with Gasteiger partial charge >= 0.3 is 0 Å². The Morgan fingerprint density at radius 3 is 2.75 bits per heavy atom. The summed E-state index contributed by atoms with van der Waals surface area (Å²) < 4.78 is 5.63. The number of amides is 2. The van der Waals surface area contributed by atoms with E-state index in [4.69, 9.17) is 4.42 Å². The molecule has 0 aliphatic carbocycles. The molecule has 150 valence electrons. The summed E-state index contributed by atoms with van der Waals surface area (Å²) in [6.45, 7) is 3.84. The van der Waals surface area contributed by atoms with Gasteiger partial charge in [-0.05, 0) is 62.4 Å². The van der Waals surface area contributed by atoms with Crippen molar-refractivity contribution < 1.29 is 14.0 Å². The molecule has 28 heavy (non-hydrogen) atoms. The predicted molar refractivity (Wildman–Crippen MR) is 108 cm³/mol. The molecule has 0 saturated carbocycles. The molecule has 0 spiro atoms. The van der Waals surface area contributed by atoms with E-state index in [2.05, 4.69) is 10.2 Å². The topological polar surface area (TPSA) is 65.8 Å². The molecular formula is C21H27N3O3S. The summed E-state index contributed by atoms with van der Waals surface area (Å²) in [5.74, 6) is 0.839. The van der Waals surface area contributed by atoms with Gasteiger partial charge in [0.15, 0.2) is 0 Å². The molecule has 2 aromatic heterocycles. The van der Waals surface area contributed by atoms with E-state index in [-0.39, 0.29) is 23.8 Å². The van der Waals surface area contributed by atoms with Crippen molar-refractivity contribution in [1.29, 1.82) is 0 Å². The van der Waals surface area contributed by atoms with Crippen LogP contribution in [0.4, 0.5) is 0 Å². The van der Waals surface area contributed by atoms with E-state index in [9.17, 15) is 9.59 Å². The number of nitrogens with zero attached hydrogens (tertiary/aromatic N) is 2. The number of hydrogen-bond acceptors (Lipinski definition) is 5. The highest BCUT2D eigenvalue weighted by atomic mass is 32.1. The molecule has 0 bridgehead atoms. The molecule has 2 saturated heterocycles. The van der Waals surface area contributed by atoms with E-state index in [1.54, 1.807) is 6.26 Å². The molecule has 1 N–H and O–H groups in total. The number of hydrogen-bond donors (Lipinski definition) is 1. The minimum Gasteiger partial charge on any atom is -0.468 e. The lowest BCUT2D eigenvalue weighted by Crippen LogP contribution is -2.46. The third-order valence-electron chi connectivity index (χ3n) is 5.73. The zero-order valence-electron chi connectivity index (χ0n) is 16.0. The van der Waals surface area contributed by atoms with Gasteiger partial charge in [0.25, 0.3) is 5.91 Å². The second-order valence-corrected chi connectivity index (χ2v) is 8.53. The number of thiophene rings is 1. The molecule has 0 aromatic carbocycles. The van der Waals surface area contributed by atoms with Crippen LogP contribution in [0, 0.1) is 5.92 Å². The monoisotopic (exact) mass is 401 g/mol. The molecule has 4 rings (SSSR count). The van der Waals surface area contributed by atoms with Crippen LogP contribution < -0.4 is 5.32 Å². The molecule has 2 aliphatic rings. The van der Waals surface area contributed by atoms with E-state index in [1.165, 1.54) is 24.2 Å². The molecule has 2 aliphatic heterocycles. The maximum atomic E-state index is 12.8. The van der Waals surface area contributed by atoms with E-state index < -0.39 is 0 Å². The van der Waals surface area contributed by atoms with Crippen LogP contribution >= 0.6 is 11.3 Å². The first-order chi connectivity index (χ1) is 13.7. The largest absolute Gasteiger partial charge is 0.468 e. The molecule has 0 radical (unpaired) electrons. The van der Waals surface area contributed by atoms with E-state index in [0.29, 0.717) is 13.1 Å². The van der Waals surface area contributed by atoms with Gasteiger partial charge < -0.3 is 14.6 Å². The molecule has 4 heterocycles. The van der Waals surface area contributed by atoms with Crippen LogP contribution in [0.2, 0.25) is 0 Å². The van der Waals surface area contributed by atoms with Crippen molar-refractivity contribution in [1.82, 2.24) is 15.1 Å². The van der Waals surface area contributed by atoms with Crippen molar-refractivity contribution in [3.63, 3.8) is 0 Å². The van der Waals surface area contributed by atoms with Gasteiger partial charge in [-0.15, -0.1) is 11.3 Å². The summed E-state index contributed by atoms with van der Waals surface area (Å²) in [6, 6.07) is 7.70. The first-order valence-corrected chi connectivity index (χ1v) is 11.0.